The van der Waals surface area contributed by atoms with Crippen molar-refractivity contribution in [1.29, 1.82) is 0 Å². The molecule has 0 fully saturated rings. The second kappa shape index (κ2) is 5.29. The van der Waals surface area contributed by atoms with Crippen molar-refractivity contribution in [2.75, 3.05) is 0 Å². The summed E-state index contributed by atoms with van der Waals surface area (Å²) in [6.45, 7) is 2.01. The second-order valence-corrected chi connectivity index (χ2v) is 3.37. The quantitative estimate of drug-likeness (QED) is 0.752. The third-order valence-corrected chi connectivity index (χ3v) is 2.22. The molecule has 15 heavy (non-hydrogen) atoms. The smallest absolute Gasteiger partial charge is 0.303 e. The molecule has 0 saturated heterocycles. The van der Waals surface area contributed by atoms with Gasteiger partial charge >= 0.3 is 5.97 Å². The molecule has 80 valence electrons. The molecular formula is C12H14O3. The number of hydrogen-bond acceptors (Lipinski definition) is 2. The molecule has 0 aromatic heterocycles. The average molecular weight is 206 g/mol. The highest BCUT2D eigenvalue weighted by molar-refractivity contribution is 5.97. The molecule has 0 bridgehead atoms. The highest BCUT2D eigenvalue weighted by Gasteiger charge is 2.08. The zero-order valence-corrected chi connectivity index (χ0v) is 8.69. The normalized spacial score (nSPS) is 9.93. The molecule has 0 heterocycles. The van der Waals surface area contributed by atoms with E-state index in [0.29, 0.717) is 5.56 Å². The van der Waals surface area contributed by atoms with Crippen molar-refractivity contribution in [1.82, 2.24) is 0 Å². The van der Waals surface area contributed by atoms with E-state index in [2.05, 4.69) is 0 Å². The van der Waals surface area contributed by atoms with Gasteiger partial charge in [-0.3, -0.25) is 9.59 Å². The van der Waals surface area contributed by atoms with E-state index < -0.39 is 5.97 Å². The van der Waals surface area contributed by atoms with Crippen LogP contribution in [-0.4, -0.2) is 16.9 Å². The topological polar surface area (TPSA) is 54.4 Å². The standard InChI is InChI=1S/C12H14O3/c1-2-9-4-3-5-10(8-9)11(13)6-7-12(14)15/h3-5,8H,2,6-7H2,1H3,(H,14,15). The van der Waals surface area contributed by atoms with Gasteiger partial charge in [-0.05, 0) is 18.1 Å². The molecule has 1 rings (SSSR count). The van der Waals surface area contributed by atoms with E-state index in [0.717, 1.165) is 12.0 Å². The van der Waals surface area contributed by atoms with Crippen molar-refractivity contribution in [3.05, 3.63) is 35.4 Å². The van der Waals surface area contributed by atoms with Gasteiger partial charge in [0.15, 0.2) is 5.78 Å². The summed E-state index contributed by atoms with van der Waals surface area (Å²) in [4.78, 5) is 21.9. The first-order valence-electron chi connectivity index (χ1n) is 4.97. The molecule has 0 aliphatic heterocycles. The van der Waals surface area contributed by atoms with E-state index in [1.165, 1.54) is 0 Å². The second-order valence-electron chi connectivity index (χ2n) is 3.37. The van der Waals surface area contributed by atoms with Crippen LogP contribution in [0, 0.1) is 0 Å². The number of ketones is 1. The third-order valence-electron chi connectivity index (χ3n) is 2.22. The lowest BCUT2D eigenvalue weighted by atomic mass is 10.0. The lowest BCUT2D eigenvalue weighted by molar-refractivity contribution is -0.136. The molecule has 0 spiro atoms. The van der Waals surface area contributed by atoms with Crippen LogP contribution in [0.4, 0.5) is 0 Å². The van der Waals surface area contributed by atoms with Crippen LogP contribution >= 0.6 is 0 Å². The Bertz CT molecular complexity index is 369. The van der Waals surface area contributed by atoms with Crippen LogP contribution in [0.2, 0.25) is 0 Å². The van der Waals surface area contributed by atoms with Crippen molar-refractivity contribution < 1.29 is 14.7 Å². The Hall–Kier alpha value is -1.64. The van der Waals surface area contributed by atoms with Crippen molar-refractivity contribution >= 4 is 11.8 Å². The lowest BCUT2D eigenvalue weighted by Gasteiger charge is -2.01. The molecule has 0 radical (unpaired) electrons. The zero-order chi connectivity index (χ0) is 11.3. The Kier molecular flexibility index (Phi) is 4.03. The number of Topliss-reactive ketones (excluding diaryl/α,β-unsaturated/α-hetero) is 1. The van der Waals surface area contributed by atoms with Crippen LogP contribution < -0.4 is 0 Å². The fourth-order valence-electron chi connectivity index (χ4n) is 1.33. The first-order valence-corrected chi connectivity index (χ1v) is 4.97. The largest absolute Gasteiger partial charge is 0.481 e. The number of carbonyl (C=O) groups excluding carboxylic acids is 1. The molecule has 1 aromatic carbocycles. The molecule has 0 aliphatic rings. The Morgan fingerprint density at radius 1 is 1.27 bits per heavy atom. The number of carboxylic acid groups (broad SMARTS) is 1. The summed E-state index contributed by atoms with van der Waals surface area (Å²) in [6.07, 6.45) is 0.845. The molecule has 1 N–H and O–H groups in total. The monoisotopic (exact) mass is 206 g/mol. The number of hydrogen-bond donors (Lipinski definition) is 1. The minimum atomic E-state index is -0.935. The van der Waals surface area contributed by atoms with Gasteiger partial charge in [0, 0.05) is 12.0 Å². The molecule has 1 aromatic rings. The predicted octanol–water partition coefficient (Wildman–Crippen LogP) is 2.30. The third kappa shape index (κ3) is 3.54. The number of benzene rings is 1. The van der Waals surface area contributed by atoms with Gasteiger partial charge in [-0.1, -0.05) is 25.1 Å². The number of aliphatic carboxylic acids is 1. The maximum absolute atomic E-state index is 11.6. The van der Waals surface area contributed by atoms with E-state index in [4.69, 9.17) is 5.11 Å². The zero-order valence-electron chi connectivity index (χ0n) is 8.69. The van der Waals surface area contributed by atoms with Crippen LogP contribution in [0.3, 0.4) is 0 Å². The fraction of sp³-hybridized carbons (Fsp3) is 0.333. The van der Waals surface area contributed by atoms with E-state index >= 15 is 0 Å². The number of carbonyl (C=O) groups is 2. The maximum Gasteiger partial charge on any atom is 0.303 e. The Labute approximate surface area is 88.7 Å². The molecular weight excluding hydrogens is 192 g/mol. The van der Waals surface area contributed by atoms with Gasteiger partial charge in [0.25, 0.3) is 0 Å². The summed E-state index contributed by atoms with van der Waals surface area (Å²) < 4.78 is 0. The van der Waals surface area contributed by atoms with E-state index in [9.17, 15) is 9.59 Å². The van der Waals surface area contributed by atoms with Gasteiger partial charge in [0.2, 0.25) is 0 Å². The van der Waals surface area contributed by atoms with Gasteiger partial charge in [-0.15, -0.1) is 0 Å². The molecule has 0 aliphatic carbocycles. The Balaban J connectivity index is 2.69. The van der Waals surface area contributed by atoms with Gasteiger partial charge < -0.3 is 5.11 Å². The minimum Gasteiger partial charge on any atom is -0.481 e. The highest BCUT2D eigenvalue weighted by Crippen LogP contribution is 2.09. The molecule has 0 unspecified atom stereocenters. The number of aryl methyl sites for hydroxylation is 1. The fourth-order valence-corrected chi connectivity index (χ4v) is 1.33. The summed E-state index contributed by atoms with van der Waals surface area (Å²) in [7, 11) is 0. The van der Waals surface area contributed by atoms with Gasteiger partial charge in [0.1, 0.15) is 0 Å². The summed E-state index contributed by atoms with van der Waals surface area (Å²) in [5.74, 6) is -1.04. The lowest BCUT2D eigenvalue weighted by Crippen LogP contribution is -2.04. The molecule has 0 saturated carbocycles. The summed E-state index contributed by atoms with van der Waals surface area (Å²) in [5, 5.41) is 8.46. The summed E-state index contributed by atoms with van der Waals surface area (Å²) in [5.41, 5.74) is 1.70. The van der Waals surface area contributed by atoms with Crippen molar-refractivity contribution in [3.8, 4) is 0 Å². The van der Waals surface area contributed by atoms with E-state index in [1.54, 1.807) is 6.07 Å². The Morgan fingerprint density at radius 3 is 2.60 bits per heavy atom. The van der Waals surface area contributed by atoms with Crippen LogP contribution in [0.25, 0.3) is 0 Å². The summed E-state index contributed by atoms with van der Waals surface area (Å²) in [6, 6.07) is 7.33. The molecule has 3 heteroatoms. The predicted molar refractivity (Wildman–Crippen MR) is 57.0 cm³/mol. The maximum atomic E-state index is 11.6. The number of carboxylic acids is 1. The SMILES string of the molecule is CCc1cccc(C(=O)CCC(=O)O)c1. The first-order chi connectivity index (χ1) is 7.13. The van der Waals surface area contributed by atoms with Crippen molar-refractivity contribution in [2.45, 2.75) is 26.2 Å². The minimum absolute atomic E-state index is 0.0719. The first kappa shape index (κ1) is 11.4. The van der Waals surface area contributed by atoms with E-state index in [-0.39, 0.29) is 18.6 Å². The average Bonchev–Trinajstić information content (AvgIpc) is 2.26. The van der Waals surface area contributed by atoms with Crippen molar-refractivity contribution in [2.24, 2.45) is 0 Å². The molecule has 3 nitrogen and oxygen atoms in total. The van der Waals surface area contributed by atoms with Gasteiger partial charge in [-0.25, -0.2) is 0 Å². The van der Waals surface area contributed by atoms with Gasteiger partial charge in [-0.2, -0.15) is 0 Å². The summed E-state index contributed by atoms with van der Waals surface area (Å²) >= 11 is 0. The molecule has 0 amide bonds. The van der Waals surface area contributed by atoms with Gasteiger partial charge in [0.05, 0.1) is 6.42 Å². The van der Waals surface area contributed by atoms with Crippen LogP contribution in [0.5, 0.6) is 0 Å². The highest BCUT2D eigenvalue weighted by atomic mass is 16.4. The van der Waals surface area contributed by atoms with Crippen LogP contribution in [0.15, 0.2) is 24.3 Å². The van der Waals surface area contributed by atoms with Crippen molar-refractivity contribution in [3.63, 3.8) is 0 Å². The van der Waals surface area contributed by atoms with Crippen LogP contribution in [0.1, 0.15) is 35.7 Å². The Morgan fingerprint density at radius 2 is 2.00 bits per heavy atom. The molecule has 0 atom stereocenters. The van der Waals surface area contributed by atoms with E-state index in [1.807, 2.05) is 25.1 Å². The van der Waals surface area contributed by atoms with Crippen LogP contribution in [-0.2, 0) is 11.2 Å². The number of rotatable bonds is 5.